The molecule has 1 fully saturated rings. The van der Waals surface area contributed by atoms with Crippen LogP contribution in [-0.4, -0.2) is 54.1 Å². The summed E-state index contributed by atoms with van der Waals surface area (Å²) in [7, 11) is -3.54. The summed E-state index contributed by atoms with van der Waals surface area (Å²) in [4.78, 5) is 16.9. The van der Waals surface area contributed by atoms with Crippen molar-refractivity contribution in [3.8, 4) is 5.69 Å². The van der Waals surface area contributed by atoms with Crippen molar-refractivity contribution in [1.29, 1.82) is 0 Å². The maximum Gasteiger partial charge on any atom is 0.417 e. The minimum Gasteiger partial charge on any atom is -0.467 e. The third kappa shape index (κ3) is 4.76. The van der Waals surface area contributed by atoms with E-state index in [0.29, 0.717) is 29.3 Å². The molecular formula is C22H19ClF4N4O4S. The van der Waals surface area contributed by atoms with Gasteiger partial charge in [0.15, 0.2) is 9.84 Å². The zero-order valence-corrected chi connectivity index (χ0v) is 20.4. The molecule has 0 unspecified atom stereocenters. The van der Waals surface area contributed by atoms with Crippen LogP contribution in [-0.2, 0) is 25.5 Å². The van der Waals surface area contributed by atoms with E-state index in [4.69, 9.17) is 16.3 Å². The molecule has 1 aliphatic heterocycles. The molecule has 8 nitrogen and oxygen atoms in total. The molecule has 0 bridgehead atoms. The van der Waals surface area contributed by atoms with Crippen molar-refractivity contribution < 1.29 is 35.5 Å². The number of benzene rings is 1. The molecule has 1 saturated heterocycles. The zero-order valence-electron chi connectivity index (χ0n) is 18.8. The number of aromatic nitrogens is 3. The number of anilines is 1. The van der Waals surface area contributed by atoms with E-state index in [0.717, 1.165) is 7.11 Å². The molecule has 0 N–H and O–H groups in total. The minimum atomic E-state index is -5.11. The predicted octanol–water partition coefficient (Wildman–Crippen LogP) is 3.98. The summed E-state index contributed by atoms with van der Waals surface area (Å²) in [6.07, 6.45) is -4.04. The average Bonchev–Trinajstić information content (AvgIpc) is 3.42. The Morgan fingerprint density at radius 1 is 1.19 bits per heavy atom. The van der Waals surface area contributed by atoms with Gasteiger partial charge in [-0.05, 0) is 37.6 Å². The summed E-state index contributed by atoms with van der Waals surface area (Å²) in [6.45, 7) is 1.33. The molecule has 2 atom stereocenters. The van der Waals surface area contributed by atoms with Gasteiger partial charge in [0, 0.05) is 24.9 Å². The van der Waals surface area contributed by atoms with Crippen molar-refractivity contribution in [1.82, 2.24) is 14.8 Å². The number of nitrogens with zero attached hydrogens (tertiary/aromatic N) is 4. The van der Waals surface area contributed by atoms with E-state index in [1.54, 1.807) is 19.1 Å². The Balaban J connectivity index is 1.80. The van der Waals surface area contributed by atoms with Crippen molar-refractivity contribution in [2.75, 3.05) is 18.6 Å². The number of hydrogen-bond acceptors (Lipinski definition) is 7. The summed E-state index contributed by atoms with van der Waals surface area (Å²) in [5.41, 5.74) is -0.625. The number of ether oxygens (including phenoxy) is 1. The van der Waals surface area contributed by atoms with Gasteiger partial charge in [-0.25, -0.2) is 27.3 Å². The van der Waals surface area contributed by atoms with Gasteiger partial charge in [0.1, 0.15) is 22.8 Å². The number of esters is 1. The van der Waals surface area contributed by atoms with Crippen LogP contribution >= 0.6 is 11.6 Å². The maximum absolute atomic E-state index is 13.6. The molecule has 36 heavy (non-hydrogen) atoms. The number of methoxy groups -OCH3 is 1. The molecule has 0 amide bonds. The first-order valence-corrected chi connectivity index (χ1v) is 12.4. The topological polar surface area (TPSA) is 94.4 Å². The molecule has 3 aromatic rings. The summed E-state index contributed by atoms with van der Waals surface area (Å²) >= 11 is 5.99. The molecule has 2 aromatic heterocycles. The number of carbonyl (C=O) groups excluding carboxylic acids is 1. The number of halogens is 5. The van der Waals surface area contributed by atoms with Crippen molar-refractivity contribution in [2.24, 2.45) is 0 Å². The van der Waals surface area contributed by atoms with Gasteiger partial charge in [-0.1, -0.05) is 11.6 Å². The lowest BCUT2D eigenvalue weighted by molar-refractivity contribution is -0.142. The third-order valence-corrected chi connectivity index (χ3v) is 8.18. The van der Waals surface area contributed by atoms with Crippen molar-refractivity contribution >= 4 is 33.2 Å². The molecule has 0 radical (unpaired) electrons. The second kappa shape index (κ2) is 9.36. The molecule has 0 aliphatic carbocycles. The Kier molecular flexibility index (Phi) is 6.73. The van der Waals surface area contributed by atoms with Crippen LogP contribution in [0.25, 0.3) is 5.69 Å². The molecular weight excluding hydrogens is 528 g/mol. The van der Waals surface area contributed by atoms with Crippen LogP contribution in [0, 0.1) is 12.7 Å². The van der Waals surface area contributed by atoms with Gasteiger partial charge in [-0.15, -0.1) is 0 Å². The summed E-state index contributed by atoms with van der Waals surface area (Å²) < 4.78 is 87.4. The number of rotatable bonds is 5. The minimum absolute atomic E-state index is 0.142. The van der Waals surface area contributed by atoms with E-state index in [1.165, 1.54) is 21.8 Å². The first-order chi connectivity index (χ1) is 16.8. The van der Waals surface area contributed by atoms with Crippen LogP contribution in [0.5, 0.6) is 0 Å². The van der Waals surface area contributed by atoms with Crippen molar-refractivity contribution in [3.63, 3.8) is 0 Å². The number of hydrogen-bond donors (Lipinski definition) is 0. The smallest absolute Gasteiger partial charge is 0.417 e. The highest BCUT2D eigenvalue weighted by Gasteiger charge is 2.47. The van der Waals surface area contributed by atoms with E-state index in [9.17, 15) is 30.8 Å². The first kappa shape index (κ1) is 25.9. The highest BCUT2D eigenvalue weighted by molar-refractivity contribution is 7.92. The highest BCUT2D eigenvalue weighted by Crippen LogP contribution is 2.39. The predicted molar refractivity (Wildman–Crippen MR) is 121 cm³/mol. The maximum atomic E-state index is 13.6. The van der Waals surface area contributed by atoms with Crippen molar-refractivity contribution in [2.45, 2.75) is 35.7 Å². The molecule has 0 saturated carbocycles. The first-order valence-electron chi connectivity index (χ1n) is 10.5. The van der Waals surface area contributed by atoms with Gasteiger partial charge in [0.25, 0.3) is 0 Å². The van der Waals surface area contributed by atoms with Crippen LogP contribution in [0.1, 0.15) is 17.7 Å². The van der Waals surface area contributed by atoms with Gasteiger partial charge in [0.2, 0.25) is 0 Å². The summed E-state index contributed by atoms with van der Waals surface area (Å²) in [5.74, 6) is -1.70. The largest absolute Gasteiger partial charge is 0.467 e. The van der Waals surface area contributed by atoms with Gasteiger partial charge in [-0.3, -0.25) is 0 Å². The summed E-state index contributed by atoms with van der Waals surface area (Å²) in [6, 6.07) is 4.93. The Morgan fingerprint density at radius 3 is 2.56 bits per heavy atom. The second-order valence-electron chi connectivity index (χ2n) is 8.12. The molecule has 192 valence electrons. The zero-order chi connectivity index (χ0) is 26.4. The van der Waals surface area contributed by atoms with Gasteiger partial charge < -0.3 is 9.64 Å². The van der Waals surface area contributed by atoms with E-state index in [2.05, 4.69) is 10.1 Å². The Hall–Kier alpha value is -3.19. The van der Waals surface area contributed by atoms with E-state index in [1.807, 2.05) is 0 Å². The van der Waals surface area contributed by atoms with Crippen LogP contribution in [0.3, 0.4) is 0 Å². The van der Waals surface area contributed by atoms with Crippen LogP contribution < -0.4 is 4.90 Å². The Morgan fingerprint density at radius 2 is 1.92 bits per heavy atom. The monoisotopic (exact) mass is 546 g/mol. The van der Waals surface area contributed by atoms with E-state index in [-0.39, 0.29) is 24.2 Å². The van der Waals surface area contributed by atoms with E-state index < -0.39 is 49.6 Å². The number of alkyl halides is 3. The number of pyridine rings is 1. The normalized spacial score (nSPS) is 18.5. The lowest BCUT2D eigenvalue weighted by Gasteiger charge is -2.25. The number of carbonyl (C=O) groups is 1. The molecule has 14 heteroatoms. The highest BCUT2D eigenvalue weighted by atomic mass is 35.5. The standard InChI is InChI=1S/C22H19ClF4N4O4S/c1-12-7-20(31(29-12)14-5-6-28-19(23)9-14)30-11-15(10-17(30)21(32)35-2)36(33,34)18-4-3-13(24)8-16(18)22(25,26)27/h3-9,15,17H,10-11H2,1-2H3/t15-,17+/m1/s1. The molecule has 0 spiro atoms. The van der Waals surface area contributed by atoms with Crippen molar-refractivity contribution in [3.05, 3.63) is 64.8 Å². The SMILES string of the molecule is COC(=O)[C@@H]1C[C@@H](S(=O)(=O)c2ccc(F)cc2C(F)(F)F)CN1c1cc(C)nn1-c1ccnc(Cl)c1. The lowest BCUT2D eigenvalue weighted by Crippen LogP contribution is -2.38. The lowest BCUT2D eigenvalue weighted by atomic mass is 10.2. The Bertz CT molecular complexity index is 1430. The number of sulfone groups is 1. The van der Waals surface area contributed by atoms with Crippen LogP contribution in [0.15, 0.2) is 47.5 Å². The fourth-order valence-electron chi connectivity index (χ4n) is 4.19. The average molecular weight is 547 g/mol. The third-order valence-electron chi connectivity index (χ3n) is 5.79. The molecule has 1 aromatic carbocycles. The van der Waals surface area contributed by atoms with E-state index >= 15 is 0 Å². The molecule has 3 heterocycles. The second-order valence-corrected chi connectivity index (χ2v) is 10.7. The molecule has 4 rings (SSSR count). The van der Waals surface area contributed by atoms with Gasteiger partial charge in [0.05, 0.1) is 34.2 Å². The van der Waals surface area contributed by atoms with Gasteiger partial charge >= 0.3 is 12.1 Å². The fourth-order valence-corrected chi connectivity index (χ4v) is 6.25. The summed E-state index contributed by atoms with van der Waals surface area (Å²) in [5, 5.41) is 3.11. The number of aryl methyl sites for hydroxylation is 1. The van der Waals surface area contributed by atoms with Gasteiger partial charge in [-0.2, -0.15) is 18.3 Å². The fraction of sp³-hybridized carbons (Fsp3) is 0.318. The quantitative estimate of drug-likeness (QED) is 0.207. The van der Waals surface area contributed by atoms with Crippen LogP contribution in [0.2, 0.25) is 5.15 Å². The van der Waals surface area contributed by atoms with Crippen LogP contribution in [0.4, 0.5) is 23.4 Å². The molecule has 1 aliphatic rings. The Labute approximate surface area is 208 Å².